The van der Waals surface area contributed by atoms with Gasteiger partial charge in [-0.15, -0.1) is 0 Å². The highest BCUT2D eigenvalue weighted by Crippen LogP contribution is 2.23. The van der Waals surface area contributed by atoms with E-state index in [-0.39, 0.29) is 5.92 Å². The molecule has 1 unspecified atom stereocenters. The highest BCUT2D eigenvalue weighted by Gasteiger charge is 2.18. The summed E-state index contributed by atoms with van der Waals surface area (Å²) in [5.74, 6) is -0.718. The zero-order valence-corrected chi connectivity index (χ0v) is 9.12. The van der Waals surface area contributed by atoms with Gasteiger partial charge in [0.1, 0.15) is 6.04 Å². The summed E-state index contributed by atoms with van der Waals surface area (Å²) in [5, 5.41) is 13.4. The van der Waals surface area contributed by atoms with Crippen molar-refractivity contribution in [2.75, 3.05) is 0 Å². The fourth-order valence-corrected chi connectivity index (χ4v) is 1.44. The van der Waals surface area contributed by atoms with Gasteiger partial charge < -0.3 is 5.11 Å². The molecule has 0 saturated heterocycles. The van der Waals surface area contributed by atoms with Crippen LogP contribution in [0.2, 0.25) is 5.02 Å². The first kappa shape index (κ1) is 11.0. The summed E-state index contributed by atoms with van der Waals surface area (Å²) in [6.07, 6.45) is 1.55. The molecule has 0 fully saturated rings. The standard InChI is InChI=1S/C9H13ClN2O2/c1-5(2)8-7(10)4-12(11-8)6(3)9(13)14/h4-6H,1-3H3,(H,13,14). The highest BCUT2D eigenvalue weighted by molar-refractivity contribution is 6.31. The summed E-state index contributed by atoms with van der Waals surface area (Å²) >= 11 is 5.91. The van der Waals surface area contributed by atoms with Gasteiger partial charge in [-0.1, -0.05) is 25.4 Å². The first-order valence-electron chi connectivity index (χ1n) is 4.40. The summed E-state index contributed by atoms with van der Waals surface area (Å²) in [5.41, 5.74) is 0.736. The molecule has 1 rings (SSSR count). The molecule has 1 aromatic rings. The van der Waals surface area contributed by atoms with Crippen LogP contribution in [0.15, 0.2) is 6.20 Å². The minimum Gasteiger partial charge on any atom is -0.480 e. The Bertz CT molecular complexity index is 347. The monoisotopic (exact) mass is 216 g/mol. The number of carbonyl (C=O) groups is 1. The number of carboxylic acid groups (broad SMARTS) is 1. The predicted molar refractivity (Wildman–Crippen MR) is 53.7 cm³/mol. The molecule has 1 N–H and O–H groups in total. The molecular formula is C9H13ClN2O2. The van der Waals surface area contributed by atoms with Gasteiger partial charge >= 0.3 is 5.97 Å². The lowest BCUT2D eigenvalue weighted by molar-refractivity contribution is -0.140. The van der Waals surface area contributed by atoms with E-state index in [4.69, 9.17) is 16.7 Å². The van der Waals surface area contributed by atoms with Crippen LogP contribution in [-0.4, -0.2) is 20.9 Å². The number of hydrogen-bond acceptors (Lipinski definition) is 2. The fourth-order valence-electron chi connectivity index (χ4n) is 1.09. The Morgan fingerprint density at radius 3 is 2.50 bits per heavy atom. The molecule has 0 aliphatic heterocycles. The van der Waals surface area contributed by atoms with Crippen LogP contribution in [0.3, 0.4) is 0 Å². The lowest BCUT2D eigenvalue weighted by atomic mass is 10.1. The van der Waals surface area contributed by atoms with Crippen LogP contribution in [-0.2, 0) is 4.79 Å². The van der Waals surface area contributed by atoms with Gasteiger partial charge in [-0.05, 0) is 12.8 Å². The van der Waals surface area contributed by atoms with Crippen molar-refractivity contribution in [1.29, 1.82) is 0 Å². The average molecular weight is 217 g/mol. The Hall–Kier alpha value is -1.03. The zero-order valence-electron chi connectivity index (χ0n) is 8.36. The number of nitrogens with zero attached hydrogens (tertiary/aromatic N) is 2. The molecular weight excluding hydrogens is 204 g/mol. The van der Waals surface area contributed by atoms with Crippen LogP contribution in [0.4, 0.5) is 0 Å². The molecule has 1 aromatic heterocycles. The van der Waals surface area contributed by atoms with Crippen LogP contribution < -0.4 is 0 Å². The summed E-state index contributed by atoms with van der Waals surface area (Å²) in [4.78, 5) is 10.7. The topological polar surface area (TPSA) is 55.1 Å². The number of rotatable bonds is 3. The van der Waals surface area contributed by atoms with Crippen LogP contribution >= 0.6 is 11.6 Å². The molecule has 0 bridgehead atoms. The van der Waals surface area contributed by atoms with Gasteiger partial charge in [0, 0.05) is 6.20 Å². The molecule has 0 aliphatic carbocycles. The average Bonchev–Trinajstić information content (AvgIpc) is 2.45. The van der Waals surface area contributed by atoms with E-state index in [0.29, 0.717) is 5.02 Å². The quantitative estimate of drug-likeness (QED) is 0.844. The highest BCUT2D eigenvalue weighted by atomic mass is 35.5. The van der Waals surface area contributed by atoms with Gasteiger partial charge in [0.2, 0.25) is 0 Å². The Morgan fingerprint density at radius 2 is 2.14 bits per heavy atom. The van der Waals surface area contributed by atoms with Crippen molar-refractivity contribution in [1.82, 2.24) is 9.78 Å². The number of halogens is 1. The third-order valence-electron chi connectivity index (χ3n) is 2.01. The summed E-state index contributed by atoms with van der Waals surface area (Å²) < 4.78 is 1.38. The van der Waals surface area contributed by atoms with Gasteiger partial charge in [-0.3, -0.25) is 4.68 Å². The van der Waals surface area contributed by atoms with Crippen molar-refractivity contribution in [2.45, 2.75) is 32.7 Å². The second-order valence-electron chi connectivity index (χ2n) is 3.51. The molecule has 0 aromatic carbocycles. The maximum absolute atomic E-state index is 10.7. The molecule has 0 radical (unpaired) electrons. The van der Waals surface area contributed by atoms with E-state index in [9.17, 15) is 4.79 Å². The summed E-state index contributed by atoms with van der Waals surface area (Å²) in [7, 11) is 0. The van der Waals surface area contributed by atoms with E-state index in [0.717, 1.165) is 5.69 Å². The van der Waals surface area contributed by atoms with Crippen molar-refractivity contribution in [2.24, 2.45) is 0 Å². The molecule has 0 spiro atoms. The first-order valence-corrected chi connectivity index (χ1v) is 4.78. The summed E-state index contributed by atoms with van der Waals surface area (Å²) in [6.45, 7) is 5.49. The third kappa shape index (κ3) is 2.07. The van der Waals surface area contributed by atoms with Gasteiger partial charge in [0.05, 0.1) is 10.7 Å². The maximum Gasteiger partial charge on any atom is 0.328 e. The summed E-state index contributed by atoms with van der Waals surface area (Å²) in [6, 6.07) is -0.681. The van der Waals surface area contributed by atoms with Crippen molar-refractivity contribution in [3.63, 3.8) is 0 Å². The minimum absolute atomic E-state index is 0.199. The predicted octanol–water partition coefficient (Wildman–Crippen LogP) is 2.31. The lowest BCUT2D eigenvalue weighted by Crippen LogP contribution is -2.16. The van der Waals surface area contributed by atoms with E-state index < -0.39 is 12.0 Å². The van der Waals surface area contributed by atoms with E-state index in [1.165, 1.54) is 4.68 Å². The van der Waals surface area contributed by atoms with Gasteiger partial charge in [-0.2, -0.15) is 5.10 Å². The van der Waals surface area contributed by atoms with Crippen molar-refractivity contribution >= 4 is 17.6 Å². The Kier molecular flexibility index (Phi) is 3.16. The van der Waals surface area contributed by atoms with E-state index in [1.54, 1.807) is 13.1 Å². The second-order valence-corrected chi connectivity index (χ2v) is 3.92. The van der Waals surface area contributed by atoms with Crippen LogP contribution in [0, 0.1) is 0 Å². The molecule has 5 heteroatoms. The molecule has 78 valence electrons. The third-order valence-corrected chi connectivity index (χ3v) is 2.31. The Morgan fingerprint density at radius 1 is 1.57 bits per heavy atom. The lowest BCUT2D eigenvalue weighted by Gasteiger charge is -2.05. The minimum atomic E-state index is -0.917. The van der Waals surface area contributed by atoms with Crippen LogP contribution in [0.25, 0.3) is 0 Å². The SMILES string of the molecule is CC(C)c1nn(C(C)C(=O)O)cc1Cl. The molecule has 4 nitrogen and oxygen atoms in total. The number of aromatic nitrogens is 2. The zero-order chi connectivity index (χ0) is 10.9. The van der Waals surface area contributed by atoms with E-state index >= 15 is 0 Å². The molecule has 0 saturated carbocycles. The Balaban J connectivity index is 3.02. The van der Waals surface area contributed by atoms with Crippen molar-refractivity contribution in [3.05, 3.63) is 16.9 Å². The van der Waals surface area contributed by atoms with E-state index in [1.807, 2.05) is 13.8 Å². The molecule has 0 aliphatic rings. The second kappa shape index (κ2) is 4.00. The maximum atomic E-state index is 10.7. The molecule has 0 amide bonds. The van der Waals surface area contributed by atoms with Crippen LogP contribution in [0.5, 0.6) is 0 Å². The first-order chi connectivity index (χ1) is 6.43. The fraction of sp³-hybridized carbons (Fsp3) is 0.556. The van der Waals surface area contributed by atoms with Gasteiger partial charge in [-0.25, -0.2) is 4.79 Å². The number of carboxylic acids is 1. The number of hydrogen-bond donors (Lipinski definition) is 1. The van der Waals surface area contributed by atoms with Crippen molar-refractivity contribution < 1.29 is 9.90 Å². The smallest absolute Gasteiger partial charge is 0.328 e. The van der Waals surface area contributed by atoms with Crippen LogP contribution in [0.1, 0.15) is 38.4 Å². The van der Waals surface area contributed by atoms with Crippen molar-refractivity contribution in [3.8, 4) is 0 Å². The largest absolute Gasteiger partial charge is 0.480 e. The normalized spacial score (nSPS) is 13.2. The molecule has 1 heterocycles. The van der Waals surface area contributed by atoms with E-state index in [2.05, 4.69) is 5.10 Å². The molecule has 1 atom stereocenters. The van der Waals surface area contributed by atoms with Gasteiger partial charge in [0.25, 0.3) is 0 Å². The Labute approximate surface area is 87.5 Å². The molecule has 14 heavy (non-hydrogen) atoms. The van der Waals surface area contributed by atoms with Gasteiger partial charge in [0.15, 0.2) is 0 Å². The number of aliphatic carboxylic acids is 1.